The Morgan fingerprint density at radius 3 is 2.77 bits per heavy atom. The number of carbonyl (C=O) groups excluding carboxylic acids is 1. The van der Waals surface area contributed by atoms with Crippen molar-refractivity contribution in [2.45, 2.75) is 33.1 Å². The summed E-state index contributed by atoms with van der Waals surface area (Å²) >= 11 is 0. The first-order valence-corrected chi connectivity index (χ1v) is 9.58. The third-order valence-corrected chi connectivity index (χ3v) is 4.98. The Hall–Kier alpha value is -3.42. The maximum Gasteiger partial charge on any atom is 0.586 e. The molecule has 8 heteroatoms. The summed E-state index contributed by atoms with van der Waals surface area (Å²) in [6, 6.07) is 6.68. The second kappa shape index (κ2) is 7.78. The van der Waals surface area contributed by atoms with E-state index in [1.807, 2.05) is 31.2 Å². The molecule has 1 unspecified atom stereocenters. The van der Waals surface area contributed by atoms with E-state index in [-0.39, 0.29) is 23.3 Å². The van der Waals surface area contributed by atoms with Crippen molar-refractivity contribution < 1.29 is 23.0 Å². The number of rotatable bonds is 5. The van der Waals surface area contributed by atoms with E-state index in [1.54, 1.807) is 19.3 Å². The lowest BCUT2D eigenvalue weighted by molar-refractivity contribution is -0.286. The van der Waals surface area contributed by atoms with E-state index < -0.39 is 6.29 Å². The molecule has 156 valence electrons. The summed E-state index contributed by atoms with van der Waals surface area (Å²) in [5.74, 6) is -0.256. The number of alkyl halides is 2. The second-order valence-corrected chi connectivity index (χ2v) is 7.31. The highest BCUT2D eigenvalue weighted by atomic mass is 19.3. The number of amides is 1. The van der Waals surface area contributed by atoms with E-state index in [9.17, 15) is 13.6 Å². The first-order chi connectivity index (χ1) is 14.3. The predicted octanol–water partition coefficient (Wildman–Crippen LogP) is 4.29. The Bertz CT molecular complexity index is 1040. The number of nitrogens with one attached hydrogen (secondary N) is 2. The molecule has 30 heavy (non-hydrogen) atoms. The van der Waals surface area contributed by atoms with Crippen molar-refractivity contribution in [1.29, 1.82) is 0 Å². The number of hydrogen-bond donors (Lipinski definition) is 2. The van der Waals surface area contributed by atoms with Gasteiger partial charge in [-0.15, -0.1) is 8.78 Å². The summed E-state index contributed by atoms with van der Waals surface area (Å²) in [6.07, 6.45) is 4.43. The molecule has 1 aromatic heterocycles. The standard InChI is InChI=1S/C22H21F2N3O3/c1-13-3-4-18(26-12-15-7-9-25-10-8-15)16(11-13)21(28)27-17-5-6-19-20(14(17)2)30-22(23,24)29-19/h4-11,13,26H,3,12H2,1-2H3,(H,27,28). The Morgan fingerprint density at radius 2 is 2.00 bits per heavy atom. The largest absolute Gasteiger partial charge is 0.586 e. The van der Waals surface area contributed by atoms with Crippen LogP contribution in [0.4, 0.5) is 14.5 Å². The van der Waals surface area contributed by atoms with Crippen molar-refractivity contribution in [1.82, 2.24) is 10.3 Å². The molecule has 1 aromatic carbocycles. The topological polar surface area (TPSA) is 72.5 Å². The molecule has 0 fully saturated rings. The van der Waals surface area contributed by atoms with Gasteiger partial charge in [-0.05, 0) is 49.1 Å². The number of halogens is 2. The molecule has 0 spiro atoms. The summed E-state index contributed by atoms with van der Waals surface area (Å²) in [4.78, 5) is 17.0. The number of pyridine rings is 1. The molecule has 1 aliphatic heterocycles. The quantitative estimate of drug-likeness (QED) is 0.765. The fraction of sp³-hybridized carbons (Fsp3) is 0.273. The van der Waals surface area contributed by atoms with Gasteiger partial charge in [-0.1, -0.05) is 19.1 Å². The Balaban J connectivity index is 1.51. The van der Waals surface area contributed by atoms with Crippen LogP contribution in [-0.4, -0.2) is 17.2 Å². The minimum atomic E-state index is -3.70. The van der Waals surface area contributed by atoms with Crippen molar-refractivity contribution >= 4 is 11.6 Å². The fourth-order valence-corrected chi connectivity index (χ4v) is 3.39. The van der Waals surface area contributed by atoms with Gasteiger partial charge < -0.3 is 20.1 Å². The molecule has 1 amide bonds. The lowest BCUT2D eigenvalue weighted by Crippen LogP contribution is -2.26. The van der Waals surface area contributed by atoms with Gasteiger partial charge in [-0.3, -0.25) is 9.78 Å². The van der Waals surface area contributed by atoms with Gasteiger partial charge in [0, 0.05) is 35.9 Å². The Labute approximate surface area is 172 Å². The average molecular weight is 413 g/mol. The van der Waals surface area contributed by atoms with E-state index in [2.05, 4.69) is 25.1 Å². The van der Waals surface area contributed by atoms with Gasteiger partial charge in [0.05, 0.1) is 5.57 Å². The first-order valence-electron chi connectivity index (χ1n) is 9.58. The highest BCUT2D eigenvalue weighted by Crippen LogP contribution is 2.45. The highest BCUT2D eigenvalue weighted by Gasteiger charge is 2.44. The summed E-state index contributed by atoms with van der Waals surface area (Å²) in [7, 11) is 0. The number of fused-ring (bicyclic) bond motifs is 1. The van der Waals surface area contributed by atoms with Gasteiger partial charge in [0.2, 0.25) is 0 Å². The smallest absolute Gasteiger partial charge is 0.395 e. The molecule has 6 nitrogen and oxygen atoms in total. The molecule has 2 aliphatic rings. The number of allylic oxidation sites excluding steroid dienone is 2. The van der Waals surface area contributed by atoms with E-state index in [0.29, 0.717) is 23.4 Å². The van der Waals surface area contributed by atoms with Crippen LogP contribution in [0.15, 0.2) is 60.1 Å². The van der Waals surface area contributed by atoms with E-state index in [4.69, 9.17) is 0 Å². The minimum absolute atomic E-state index is 0.0550. The lowest BCUT2D eigenvalue weighted by atomic mass is 9.94. The van der Waals surface area contributed by atoms with Crippen molar-refractivity contribution in [3.05, 3.63) is 71.2 Å². The average Bonchev–Trinajstić information content (AvgIpc) is 3.05. The maximum atomic E-state index is 13.4. The van der Waals surface area contributed by atoms with Gasteiger partial charge in [0.25, 0.3) is 5.91 Å². The first kappa shape index (κ1) is 19.9. The number of nitrogens with zero attached hydrogens (tertiary/aromatic N) is 1. The van der Waals surface area contributed by atoms with Gasteiger partial charge >= 0.3 is 6.29 Å². The molecular formula is C22H21F2N3O3. The van der Waals surface area contributed by atoms with E-state index in [0.717, 1.165) is 17.7 Å². The van der Waals surface area contributed by atoms with Crippen molar-refractivity contribution in [2.24, 2.45) is 5.92 Å². The molecule has 1 aliphatic carbocycles. The molecule has 2 aromatic rings. The van der Waals surface area contributed by atoms with Crippen LogP contribution in [0.1, 0.15) is 24.5 Å². The third-order valence-electron chi connectivity index (χ3n) is 4.98. The number of benzene rings is 1. The third kappa shape index (κ3) is 4.12. The van der Waals surface area contributed by atoms with Crippen LogP contribution in [0.5, 0.6) is 11.5 Å². The van der Waals surface area contributed by atoms with Crippen molar-refractivity contribution in [2.75, 3.05) is 5.32 Å². The zero-order chi connectivity index (χ0) is 21.3. The van der Waals surface area contributed by atoms with Crippen LogP contribution >= 0.6 is 0 Å². The van der Waals surface area contributed by atoms with Crippen LogP contribution in [0.25, 0.3) is 0 Å². The van der Waals surface area contributed by atoms with Crippen LogP contribution < -0.4 is 20.1 Å². The van der Waals surface area contributed by atoms with Crippen molar-refractivity contribution in [3.8, 4) is 11.5 Å². The van der Waals surface area contributed by atoms with Crippen LogP contribution in [-0.2, 0) is 11.3 Å². The number of aromatic nitrogens is 1. The molecular weight excluding hydrogens is 392 g/mol. The number of hydrogen-bond acceptors (Lipinski definition) is 5. The maximum absolute atomic E-state index is 13.4. The predicted molar refractivity (Wildman–Crippen MR) is 107 cm³/mol. The zero-order valence-corrected chi connectivity index (χ0v) is 16.5. The molecule has 2 N–H and O–H groups in total. The number of anilines is 1. The number of ether oxygens (including phenoxy) is 2. The molecule has 0 saturated carbocycles. The molecule has 1 atom stereocenters. The summed E-state index contributed by atoms with van der Waals surface area (Å²) in [6.45, 7) is 4.17. The normalized spacial score (nSPS) is 19.0. The summed E-state index contributed by atoms with van der Waals surface area (Å²) in [5.41, 5.74) is 3.03. The Kier molecular flexibility index (Phi) is 5.15. The Morgan fingerprint density at radius 1 is 1.23 bits per heavy atom. The number of carbonyl (C=O) groups is 1. The molecule has 4 rings (SSSR count). The summed E-state index contributed by atoms with van der Waals surface area (Å²) in [5, 5.41) is 6.11. The molecule has 0 radical (unpaired) electrons. The zero-order valence-electron chi connectivity index (χ0n) is 16.5. The molecule has 2 heterocycles. The highest BCUT2D eigenvalue weighted by molar-refractivity contribution is 6.07. The monoisotopic (exact) mass is 413 g/mol. The van der Waals surface area contributed by atoms with Gasteiger partial charge in [-0.25, -0.2) is 0 Å². The molecule has 0 bridgehead atoms. The van der Waals surface area contributed by atoms with Gasteiger partial charge in [0.1, 0.15) is 0 Å². The SMILES string of the molecule is Cc1c(NC(=O)C2=CC(C)CC=C2NCc2ccncc2)ccc2c1OC(F)(F)O2. The van der Waals surface area contributed by atoms with Crippen LogP contribution in [0.3, 0.4) is 0 Å². The van der Waals surface area contributed by atoms with Crippen molar-refractivity contribution in [3.63, 3.8) is 0 Å². The lowest BCUT2D eigenvalue weighted by Gasteiger charge is -2.21. The fourth-order valence-electron chi connectivity index (χ4n) is 3.39. The summed E-state index contributed by atoms with van der Waals surface area (Å²) < 4.78 is 35.7. The van der Waals surface area contributed by atoms with Gasteiger partial charge in [0.15, 0.2) is 11.5 Å². The van der Waals surface area contributed by atoms with Crippen LogP contribution in [0.2, 0.25) is 0 Å². The minimum Gasteiger partial charge on any atom is -0.395 e. The van der Waals surface area contributed by atoms with E-state index >= 15 is 0 Å². The molecule has 0 saturated heterocycles. The van der Waals surface area contributed by atoms with E-state index in [1.165, 1.54) is 12.1 Å². The van der Waals surface area contributed by atoms with Crippen LogP contribution in [0, 0.1) is 12.8 Å². The van der Waals surface area contributed by atoms with Gasteiger partial charge in [-0.2, -0.15) is 0 Å². The second-order valence-electron chi connectivity index (χ2n) is 7.31.